The lowest BCUT2D eigenvalue weighted by Gasteiger charge is -2.39. The minimum atomic E-state index is -4.41. The van der Waals surface area contributed by atoms with E-state index in [2.05, 4.69) is 20.5 Å². The number of nitrogens with one attached hydrogen (secondary N) is 1. The largest absolute Gasteiger partial charge is 0.416 e. The lowest BCUT2D eigenvalue weighted by molar-refractivity contribution is -0.169. The number of benzene rings is 1. The lowest BCUT2D eigenvalue weighted by atomic mass is 9.87. The van der Waals surface area contributed by atoms with E-state index in [1.807, 2.05) is 18.2 Å². The number of carbonyl (C=O) groups excluding carboxylic acids is 1. The number of nitrogens with zero attached hydrogens (tertiary/aromatic N) is 5. The van der Waals surface area contributed by atoms with Crippen LogP contribution in [0.5, 0.6) is 0 Å². The minimum Gasteiger partial charge on any atom is -0.379 e. The number of hydrogen-bond donors (Lipinski definition) is 1. The molecule has 0 saturated carbocycles. The molecular weight excluding hydrogens is 425 g/mol. The molecule has 3 aromatic rings. The van der Waals surface area contributed by atoms with Gasteiger partial charge in [0, 0.05) is 12.1 Å². The molecule has 0 bridgehead atoms. The van der Waals surface area contributed by atoms with Crippen LogP contribution in [0.2, 0.25) is 0 Å². The number of fused-ring (bicyclic) bond motifs is 3. The van der Waals surface area contributed by atoms with E-state index in [1.165, 1.54) is 6.07 Å². The van der Waals surface area contributed by atoms with Crippen molar-refractivity contribution in [1.29, 1.82) is 0 Å². The number of alkyl halides is 3. The number of anilines is 1. The van der Waals surface area contributed by atoms with Gasteiger partial charge in [0.15, 0.2) is 0 Å². The van der Waals surface area contributed by atoms with E-state index in [4.69, 9.17) is 4.74 Å². The summed E-state index contributed by atoms with van der Waals surface area (Å²) in [5, 5.41) is 11.3. The summed E-state index contributed by atoms with van der Waals surface area (Å²) in [6.45, 7) is 5.33. The summed E-state index contributed by atoms with van der Waals surface area (Å²) in [6, 6.07) is 5.15. The molecule has 0 atom stereocenters. The summed E-state index contributed by atoms with van der Waals surface area (Å²) in [5.74, 6) is 1.52. The lowest BCUT2D eigenvalue weighted by Crippen LogP contribution is -2.52. The van der Waals surface area contributed by atoms with E-state index in [9.17, 15) is 18.0 Å². The highest BCUT2D eigenvalue weighted by Crippen LogP contribution is 2.36. The van der Waals surface area contributed by atoms with Gasteiger partial charge in [-0.15, -0.1) is 10.2 Å². The minimum absolute atomic E-state index is 0.00246. The van der Waals surface area contributed by atoms with E-state index in [-0.39, 0.29) is 12.5 Å². The van der Waals surface area contributed by atoms with Gasteiger partial charge in [0.2, 0.25) is 5.91 Å². The number of amides is 1. The Bertz CT molecular complexity index is 1220. The fraction of sp³-hybridized carbons (Fsp3) is 0.429. The Kier molecular flexibility index (Phi) is 4.63. The molecular formula is C21H21F3N6O2. The predicted molar refractivity (Wildman–Crippen MR) is 107 cm³/mol. The van der Waals surface area contributed by atoms with Gasteiger partial charge in [-0.1, -0.05) is 12.1 Å². The molecule has 1 N–H and O–H groups in total. The number of aromatic nitrogens is 4. The summed E-state index contributed by atoms with van der Waals surface area (Å²) in [6.07, 6.45) is -4.41. The zero-order valence-electron chi connectivity index (χ0n) is 17.5. The second-order valence-corrected chi connectivity index (χ2v) is 8.53. The Morgan fingerprint density at radius 3 is 2.72 bits per heavy atom. The summed E-state index contributed by atoms with van der Waals surface area (Å²) in [7, 11) is 0. The fourth-order valence-electron chi connectivity index (χ4n) is 4.19. The van der Waals surface area contributed by atoms with Crippen molar-refractivity contribution >= 4 is 17.5 Å². The van der Waals surface area contributed by atoms with Crippen molar-refractivity contribution in [3.63, 3.8) is 0 Å². The van der Waals surface area contributed by atoms with Crippen molar-refractivity contribution in [3.8, 4) is 0 Å². The highest BCUT2D eigenvalue weighted by atomic mass is 19.4. The van der Waals surface area contributed by atoms with E-state index in [0.29, 0.717) is 49.3 Å². The maximum Gasteiger partial charge on any atom is 0.416 e. The molecule has 4 heterocycles. The third-order valence-corrected chi connectivity index (χ3v) is 5.97. The van der Waals surface area contributed by atoms with Crippen LogP contribution in [0.15, 0.2) is 24.3 Å². The monoisotopic (exact) mass is 446 g/mol. The Labute approximate surface area is 181 Å². The molecule has 2 aliphatic heterocycles. The summed E-state index contributed by atoms with van der Waals surface area (Å²) < 4.78 is 46.2. The molecule has 168 valence electrons. The number of carbonyl (C=O) groups is 1. The molecule has 1 saturated heterocycles. The topological polar surface area (TPSA) is 84.7 Å². The smallest absolute Gasteiger partial charge is 0.379 e. The second kappa shape index (κ2) is 7.16. The summed E-state index contributed by atoms with van der Waals surface area (Å²) >= 11 is 0. The molecule has 0 unspecified atom stereocenters. The maximum absolute atomic E-state index is 13.1. The molecule has 0 radical (unpaired) electrons. The van der Waals surface area contributed by atoms with Crippen molar-refractivity contribution in [2.75, 3.05) is 18.5 Å². The number of ether oxygens (including phenoxy) is 1. The first-order chi connectivity index (χ1) is 15.2. The molecule has 1 fully saturated rings. The first kappa shape index (κ1) is 20.7. The van der Waals surface area contributed by atoms with Gasteiger partial charge in [0.1, 0.15) is 11.6 Å². The second-order valence-electron chi connectivity index (χ2n) is 8.53. The molecule has 0 spiro atoms. The molecule has 2 aromatic heterocycles. The van der Waals surface area contributed by atoms with Gasteiger partial charge in [0.05, 0.1) is 43.0 Å². The average molecular weight is 446 g/mol. The Balaban J connectivity index is 1.45. The Hall–Kier alpha value is -3.21. The van der Waals surface area contributed by atoms with Gasteiger partial charge in [0.25, 0.3) is 5.78 Å². The highest BCUT2D eigenvalue weighted by Gasteiger charge is 2.45. The molecule has 1 aromatic carbocycles. The van der Waals surface area contributed by atoms with Crippen LogP contribution < -0.4 is 5.32 Å². The molecule has 5 rings (SSSR count). The Morgan fingerprint density at radius 2 is 2.03 bits per heavy atom. The number of rotatable bonds is 4. The molecule has 1 amide bonds. The fourth-order valence-corrected chi connectivity index (χ4v) is 4.19. The number of halogens is 3. The molecule has 11 heteroatoms. The molecule has 32 heavy (non-hydrogen) atoms. The van der Waals surface area contributed by atoms with E-state index >= 15 is 0 Å². The zero-order valence-corrected chi connectivity index (χ0v) is 17.5. The standard InChI is InChI=1S/C21H21F3N6O2/c1-12-27-28-19-26-17(25-7-13-4-3-5-14(6-13)21(22,23)24)15-8-29(9-16(15)30(12)19)18(31)20(2)10-32-11-20/h3-6H,7-11H2,1-2H3,(H,25,26,28). The van der Waals surface area contributed by atoms with Crippen molar-refractivity contribution in [1.82, 2.24) is 24.5 Å². The van der Waals surface area contributed by atoms with Gasteiger partial charge in [-0.25, -0.2) is 0 Å². The van der Waals surface area contributed by atoms with Crippen LogP contribution in [-0.2, 0) is 35.3 Å². The highest BCUT2D eigenvalue weighted by molar-refractivity contribution is 5.84. The van der Waals surface area contributed by atoms with E-state index in [1.54, 1.807) is 11.0 Å². The van der Waals surface area contributed by atoms with Crippen LogP contribution in [0, 0.1) is 12.3 Å². The first-order valence-corrected chi connectivity index (χ1v) is 10.2. The molecule has 2 aliphatic rings. The van der Waals surface area contributed by atoms with E-state index in [0.717, 1.165) is 23.4 Å². The summed E-state index contributed by atoms with van der Waals surface area (Å²) in [5.41, 5.74) is 0.887. The van der Waals surface area contributed by atoms with Gasteiger partial charge in [-0.2, -0.15) is 18.2 Å². The van der Waals surface area contributed by atoms with Crippen LogP contribution >= 0.6 is 0 Å². The van der Waals surface area contributed by atoms with Crippen molar-refractivity contribution in [2.24, 2.45) is 5.41 Å². The van der Waals surface area contributed by atoms with Crippen LogP contribution in [0.25, 0.3) is 5.78 Å². The van der Waals surface area contributed by atoms with Crippen LogP contribution in [-0.4, -0.2) is 43.6 Å². The van der Waals surface area contributed by atoms with Gasteiger partial charge >= 0.3 is 6.18 Å². The van der Waals surface area contributed by atoms with Crippen molar-refractivity contribution in [3.05, 3.63) is 52.5 Å². The normalized spacial score (nSPS) is 17.3. The number of hydrogen-bond acceptors (Lipinski definition) is 6. The van der Waals surface area contributed by atoms with Crippen molar-refractivity contribution in [2.45, 2.75) is 39.7 Å². The zero-order chi connectivity index (χ0) is 22.7. The van der Waals surface area contributed by atoms with Gasteiger partial charge < -0.3 is 15.0 Å². The third kappa shape index (κ3) is 3.36. The molecule has 0 aliphatic carbocycles. The van der Waals surface area contributed by atoms with Crippen LogP contribution in [0.3, 0.4) is 0 Å². The first-order valence-electron chi connectivity index (χ1n) is 10.2. The maximum atomic E-state index is 13.1. The van der Waals surface area contributed by atoms with E-state index < -0.39 is 17.2 Å². The number of aryl methyl sites for hydroxylation is 1. The average Bonchev–Trinajstić information content (AvgIpc) is 3.33. The third-order valence-electron chi connectivity index (χ3n) is 5.97. The molecule has 8 nitrogen and oxygen atoms in total. The van der Waals surface area contributed by atoms with Crippen LogP contribution in [0.1, 0.15) is 35.1 Å². The van der Waals surface area contributed by atoms with Crippen LogP contribution in [0.4, 0.5) is 19.0 Å². The predicted octanol–water partition coefficient (Wildman–Crippen LogP) is 2.94. The van der Waals surface area contributed by atoms with Gasteiger partial charge in [-0.3, -0.25) is 9.20 Å². The Morgan fingerprint density at radius 1 is 1.25 bits per heavy atom. The summed E-state index contributed by atoms with van der Waals surface area (Å²) in [4.78, 5) is 19.3. The SMILES string of the molecule is Cc1nnc2nc(NCc3cccc(C(F)(F)F)c3)c3c(n12)CN(C(=O)C1(C)COC1)C3. The van der Waals surface area contributed by atoms with Gasteiger partial charge in [-0.05, 0) is 31.5 Å². The van der Waals surface area contributed by atoms with Crippen molar-refractivity contribution < 1.29 is 22.7 Å². The quantitative estimate of drug-likeness (QED) is 0.664.